The van der Waals surface area contributed by atoms with Gasteiger partial charge < -0.3 is 25.8 Å². The molecule has 0 spiro atoms. The van der Waals surface area contributed by atoms with Gasteiger partial charge in [-0.1, -0.05) is 23.7 Å². The van der Waals surface area contributed by atoms with Gasteiger partial charge in [0.1, 0.15) is 16.6 Å². The molecule has 224 valence electrons. The summed E-state index contributed by atoms with van der Waals surface area (Å²) in [5.74, 6) is 0.0924. The number of anilines is 4. The van der Waals surface area contributed by atoms with Crippen molar-refractivity contribution in [1.82, 2.24) is 25.1 Å². The van der Waals surface area contributed by atoms with E-state index in [9.17, 15) is 14.3 Å². The number of halogens is 2. The summed E-state index contributed by atoms with van der Waals surface area (Å²) in [5, 5.41) is 18.1. The molecule has 12 heteroatoms. The first-order chi connectivity index (χ1) is 20.4. The van der Waals surface area contributed by atoms with Gasteiger partial charge in [-0.05, 0) is 55.0 Å². The van der Waals surface area contributed by atoms with E-state index in [1.54, 1.807) is 7.11 Å². The van der Waals surface area contributed by atoms with Crippen molar-refractivity contribution >= 4 is 40.6 Å². The van der Waals surface area contributed by atoms with Gasteiger partial charge in [-0.25, -0.2) is 9.37 Å². The lowest BCUT2D eigenvalue weighted by Gasteiger charge is -2.39. The maximum Gasteiger partial charge on any atom is 0.253 e. The number of hydrogen-bond donors (Lipinski definition) is 4. The van der Waals surface area contributed by atoms with Crippen molar-refractivity contribution in [3.63, 3.8) is 0 Å². The zero-order valence-corrected chi connectivity index (χ0v) is 24.7. The Morgan fingerprint density at radius 3 is 2.74 bits per heavy atom. The van der Waals surface area contributed by atoms with Gasteiger partial charge in [0.2, 0.25) is 5.95 Å². The number of methoxy groups -OCH3 is 1. The minimum atomic E-state index is -0.613. The molecule has 1 amide bonds. The number of ether oxygens (including phenoxy) is 1. The second-order valence-electron chi connectivity index (χ2n) is 10.5. The summed E-state index contributed by atoms with van der Waals surface area (Å²) in [5.41, 5.74) is 3.27. The van der Waals surface area contributed by atoms with E-state index >= 15 is 0 Å². The molecular formula is C30H37ClFN7O3. The second-order valence-corrected chi connectivity index (χ2v) is 10.9. The van der Waals surface area contributed by atoms with Crippen LogP contribution < -0.4 is 20.7 Å². The lowest BCUT2D eigenvalue weighted by Crippen LogP contribution is -2.51. The molecule has 0 bridgehead atoms. The Morgan fingerprint density at radius 2 is 2.00 bits per heavy atom. The molecule has 1 saturated heterocycles. The predicted molar refractivity (Wildman–Crippen MR) is 162 cm³/mol. The highest BCUT2D eigenvalue weighted by Gasteiger charge is 2.28. The number of benzene rings is 2. The summed E-state index contributed by atoms with van der Waals surface area (Å²) >= 11 is 6.36. The van der Waals surface area contributed by atoms with Gasteiger partial charge in [-0.3, -0.25) is 14.6 Å². The minimum absolute atomic E-state index is 0.0321. The predicted octanol–water partition coefficient (Wildman–Crippen LogP) is 3.98. The Morgan fingerprint density at radius 1 is 1.19 bits per heavy atom. The average Bonchev–Trinajstić information content (AvgIpc) is 3.22. The Kier molecular flexibility index (Phi) is 9.73. The summed E-state index contributed by atoms with van der Waals surface area (Å²) in [6.07, 6.45) is 5.44. The van der Waals surface area contributed by atoms with Crippen molar-refractivity contribution in [2.24, 2.45) is 0 Å². The number of rotatable bonds is 9. The molecule has 1 aliphatic carbocycles. The van der Waals surface area contributed by atoms with Crippen LogP contribution in [0.2, 0.25) is 5.02 Å². The first-order valence-electron chi connectivity index (χ1n) is 14.2. The number of carbonyl (C=O) groups excluding carboxylic acids is 1. The van der Waals surface area contributed by atoms with Gasteiger partial charge in [-0.15, -0.1) is 0 Å². The van der Waals surface area contributed by atoms with Gasteiger partial charge in [-0.2, -0.15) is 4.98 Å². The van der Waals surface area contributed by atoms with Gasteiger partial charge in [0.15, 0.2) is 5.82 Å². The molecule has 1 aromatic heterocycles. The molecule has 1 fully saturated rings. The van der Waals surface area contributed by atoms with E-state index in [1.807, 2.05) is 6.07 Å². The van der Waals surface area contributed by atoms with Crippen molar-refractivity contribution in [3.8, 4) is 5.75 Å². The van der Waals surface area contributed by atoms with Crippen molar-refractivity contribution < 1.29 is 19.0 Å². The average molecular weight is 598 g/mol. The molecule has 5 rings (SSSR count). The molecule has 10 nitrogen and oxygen atoms in total. The quantitative estimate of drug-likeness (QED) is 0.272. The molecule has 0 radical (unpaired) electrons. The van der Waals surface area contributed by atoms with Crippen LogP contribution >= 0.6 is 11.6 Å². The highest BCUT2D eigenvalue weighted by Crippen LogP contribution is 2.38. The van der Waals surface area contributed by atoms with Crippen molar-refractivity contribution in [2.75, 3.05) is 64.1 Å². The molecule has 42 heavy (non-hydrogen) atoms. The third kappa shape index (κ3) is 6.59. The number of aromatic nitrogens is 2. The van der Waals surface area contributed by atoms with Crippen LogP contribution in [0.5, 0.6) is 5.75 Å². The van der Waals surface area contributed by atoms with Crippen LogP contribution in [0, 0.1) is 5.82 Å². The molecule has 1 atom stereocenters. The number of nitrogens with one attached hydrogen (secondary N) is 3. The van der Waals surface area contributed by atoms with Crippen molar-refractivity contribution in [2.45, 2.75) is 31.7 Å². The van der Waals surface area contributed by atoms with Crippen molar-refractivity contribution in [3.05, 3.63) is 64.1 Å². The van der Waals surface area contributed by atoms with Crippen LogP contribution in [-0.4, -0.2) is 90.3 Å². The Hall–Kier alpha value is -3.51. The van der Waals surface area contributed by atoms with E-state index in [0.717, 1.165) is 69.8 Å². The number of β-amino-alcohol motifs (C(OH)–C–C–N with tert-alkyl or cyclic N) is 1. The molecule has 4 N–H and O–H groups in total. The molecule has 0 unspecified atom stereocenters. The highest BCUT2D eigenvalue weighted by atomic mass is 35.5. The number of aliphatic hydroxyl groups is 1. The largest absolute Gasteiger partial charge is 0.494 e. The molecule has 2 heterocycles. The number of hydrogen-bond acceptors (Lipinski definition) is 9. The van der Waals surface area contributed by atoms with E-state index < -0.39 is 11.7 Å². The molecule has 0 saturated carbocycles. The molecule has 2 aromatic carbocycles. The summed E-state index contributed by atoms with van der Waals surface area (Å²) in [6, 6.07) is 8.82. The van der Waals surface area contributed by atoms with Crippen LogP contribution in [0.1, 0.15) is 34.3 Å². The number of para-hydroxylation sites is 1. The van der Waals surface area contributed by atoms with Gasteiger partial charge in [0, 0.05) is 45.8 Å². The van der Waals surface area contributed by atoms with E-state index in [0.29, 0.717) is 6.04 Å². The Labute approximate surface area is 250 Å². The normalized spacial score (nSPS) is 17.7. The summed E-state index contributed by atoms with van der Waals surface area (Å²) < 4.78 is 20.6. The van der Waals surface area contributed by atoms with E-state index in [1.165, 1.54) is 42.6 Å². The van der Waals surface area contributed by atoms with Gasteiger partial charge in [0.25, 0.3) is 5.91 Å². The lowest BCUT2D eigenvalue weighted by atomic mass is 9.98. The molecule has 1 aliphatic heterocycles. The Balaban J connectivity index is 1.35. The number of fused-ring (bicyclic) bond motifs is 1. The topological polar surface area (TPSA) is 115 Å². The molecule has 3 aromatic rings. The standard InChI is InChI=1S/C30H37ClFN7O3/c1-33-29(41)22-7-4-8-24(32)26(22)36-28-23(31)18-34-30(37-28)35-25-10-9-19-17-20(5-3-6-21(19)27(25)42-2)39-13-11-38(12-14-39)15-16-40/h4,7-10,18,20,40H,3,5-6,11-17H2,1-2H3,(H,33,41)(H2,34,35,36,37)/t20-/m1/s1. The van der Waals surface area contributed by atoms with Crippen LogP contribution in [0.25, 0.3) is 0 Å². The van der Waals surface area contributed by atoms with Crippen molar-refractivity contribution in [1.29, 1.82) is 0 Å². The third-order valence-corrected chi connectivity index (χ3v) is 8.32. The number of piperazine rings is 1. The van der Waals surface area contributed by atoms with Crippen LogP contribution in [0.3, 0.4) is 0 Å². The highest BCUT2D eigenvalue weighted by molar-refractivity contribution is 6.33. The van der Waals surface area contributed by atoms with E-state index in [2.05, 4.69) is 41.8 Å². The summed E-state index contributed by atoms with van der Waals surface area (Å²) in [6.45, 7) is 4.94. The SMILES string of the molecule is CNC(=O)c1cccc(F)c1Nc1nc(Nc2ccc3c(c2OC)CCC[C@@H](N2CCN(CCO)CC2)C3)ncc1Cl. The minimum Gasteiger partial charge on any atom is -0.494 e. The first-order valence-corrected chi connectivity index (χ1v) is 14.6. The van der Waals surface area contributed by atoms with Crippen LogP contribution in [-0.2, 0) is 12.8 Å². The number of aliphatic hydroxyl groups excluding tert-OH is 1. The second kappa shape index (κ2) is 13.6. The van der Waals surface area contributed by atoms with Gasteiger partial charge in [0.05, 0.1) is 36.9 Å². The number of amides is 1. The maximum absolute atomic E-state index is 14.7. The van der Waals surface area contributed by atoms with E-state index in [-0.39, 0.29) is 34.6 Å². The first kappa shape index (κ1) is 30.0. The Bertz CT molecular complexity index is 1420. The summed E-state index contributed by atoms with van der Waals surface area (Å²) in [4.78, 5) is 26.0. The lowest BCUT2D eigenvalue weighted by molar-refractivity contribution is 0.0805. The van der Waals surface area contributed by atoms with Crippen LogP contribution in [0.4, 0.5) is 27.5 Å². The zero-order chi connectivity index (χ0) is 29.6. The maximum atomic E-state index is 14.7. The molecular weight excluding hydrogens is 561 g/mol. The number of carbonyl (C=O) groups is 1. The van der Waals surface area contributed by atoms with E-state index in [4.69, 9.17) is 16.3 Å². The van der Waals surface area contributed by atoms with Gasteiger partial charge >= 0.3 is 0 Å². The monoisotopic (exact) mass is 597 g/mol. The third-order valence-electron chi connectivity index (χ3n) is 8.04. The fourth-order valence-electron chi connectivity index (χ4n) is 5.87. The van der Waals surface area contributed by atoms with Crippen LogP contribution in [0.15, 0.2) is 36.5 Å². The molecule has 2 aliphatic rings. The fraction of sp³-hybridized carbons (Fsp3) is 0.433. The smallest absolute Gasteiger partial charge is 0.253 e. The zero-order valence-electron chi connectivity index (χ0n) is 23.9. The number of nitrogens with zero attached hydrogens (tertiary/aromatic N) is 4. The summed E-state index contributed by atoms with van der Waals surface area (Å²) in [7, 11) is 3.14. The fourth-order valence-corrected chi connectivity index (χ4v) is 6.01.